The summed E-state index contributed by atoms with van der Waals surface area (Å²) in [5, 5.41) is 2.53. The minimum absolute atomic E-state index is 0.261. The van der Waals surface area contributed by atoms with Crippen molar-refractivity contribution in [1.29, 1.82) is 0 Å². The van der Waals surface area contributed by atoms with Crippen molar-refractivity contribution in [3.8, 4) is 5.75 Å². The van der Waals surface area contributed by atoms with Gasteiger partial charge in [0.25, 0.3) is 0 Å². The van der Waals surface area contributed by atoms with E-state index in [1.165, 1.54) is 6.20 Å². The molecule has 0 unspecified atom stereocenters. The van der Waals surface area contributed by atoms with Crippen LogP contribution in [-0.2, 0) is 4.74 Å². The van der Waals surface area contributed by atoms with E-state index in [0.29, 0.717) is 22.7 Å². The number of carbonyl (C=O) groups is 2. The zero-order chi connectivity index (χ0) is 15.2. The first-order valence-electron chi connectivity index (χ1n) is 6.50. The molecular formula is C15H16N2O4. The van der Waals surface area contributed by atoms with Crippen molar-refractivity contribution in [3.05, 3.63) is 47.8 Å². The third kappa shape index (κ3) is 3.62. The molecule has 6 heteroatoms. The van der Waals surface area contributed by atoms with Gasteiger partial charge in [0.1, 0.15) is 11.3 Å². The van der Waals surface area contributed by atoms with E-state index in [4.69, 9.17) is 9.47 Å². The van der Waals surface area contributed by atoms with Gasteiger partial charge >= 0.3 is 12.1 Å². The zero-order valence-electron chi connectivity index (χ0n) is 11.8. The Morgan fingerprint density at radius 1 is 1.24 bits per heavy atom. The largest absolute Gasteiger partial charge is 0.462 e. The summed E-state index contributed by atoms with van der Waals surface area (Å²) in [5.41, 5.74) is 1.23. The van der Waals surface area contributed by atoms with E-state index < -0.39 is 12.1 Å². The van der Waals surface area contributed by atoms with Crippen molar-refractivity contribution in [2.75, 3.05) is 11.9 Å². The van der Waals surface area contributed by atoms with E-state index >= 15 is 0 Å². The Morgan fingerprint density at radius 2 is 1.95 bits per heavy atom. The molecule has 2 rings (SSSR count). The maximum atomic E-state index is 11.9. The first-order valence-corrected chi connectivity index (χ1v) is 6.50. The molecule has 0 saturated carbocycles. The summed E-state index contributed by atoms with van der Waals surface area (Å²) < 4.78 is 10.1. The third-order valence-electron chi connectivity index (χ3n) is 2.75. The fraction of sp³-hybridized carbons (Fsp3) is 0.200. The number of H-pyrrole nitrogens is 1. The van der Waals surface area contributed by atoms with Crippen LogP contribution in [0.2, 0.25) is 0 Å². The second kappa shape index (κ2) is 6.60. The van der Waals surface area contributed by atoms with Crippen LogP contribution in [0.5, 0.6) is 5.75 Å². The van der Waals surface area contributed by atoms with E-state index in [-0.39, 0.29) is 6.61 Å². The fourth-order valence-corrected chi connectivity index (χ4v) is 1.82. The van der Waals surface area contributed by atoms with Crippen molar-refractivity contribution in [1.82, 2.24) is 4.98 Å². The molecule has 0 saturated heterocycles. The molecule has 0 spiro atoms. The molecule has 1 aromatic carbocycles. The summed E-state index contributed by atoms with van der Waals surface area (Å²) in [4.78, 5) is 26.6. The second-order valence-corrected chi connectivity index (χ2v) is 4.25. The molecule has 110 valence electrons. The second-order valence-electron chi connectivity index (χ2n) is 4.25. The number of esters is 1. The smallest absolute Gasteiger partial charge is 0.417 e. The number of hydrogen-bond acceptors (Lipinski definition) is 4. The molecule has 0 aliphatic carbocycles. The lowest BCUT2D eigenvalue weighted by Gasteiger charge is -2.07. The van der Waals surface area contributed by atoms with Gasteiger partial charge in [-0.1, -0.05) is 18.2 Å². The minimum atomic E-state index is -0.675. The Morgan fingerprint density at radius 3 is 2.62 bits per heavy atom. The molecule has 0 fully saturated rings. The first-order chi connectivity index (χ1) is 10.1. The van der Waals surface area contributed by atoms with Crippen LogP contribution in [0.25, 0.3) is 0 Å². The lowest BCUT2D eigenvalue weighted by atomic mass is 10.2. The number of anilines is 1. The van der Waals surface area contributed by atoms with Gasteiger partial charge in [0.15, 0.2) is 0 Å². The van der Waals surface area contributed by atoms with Gasteiger partial charge in [-0.2, -0.15) is 0 Å². The van der Waals surface area contributed by atoms with Crippen LogP contribution < -0.4 is 10.1 Å². The Balaban J connectivity index is 2.09. The van der Waals surface area contributed by atoms with Crippen molar-refractivity contribution >= 4 is 17.7 Å². The lowest BCUT2D eigenvalue weighted by molar-refractivity contribution is 0.0527. The van der Waals surface area contributed by atoms with Crippen molar-refractivity contribution in [3.63, 3.8) is 0 Å². The summed E-state index contributed by atoms with van der Waals surface area (Å²) in [6.45, 7) is 3.70. The average molecular weight is 288 g/mol. The van der Waals surface area contributed by atoms with Gasteiger partial charge in [0, 0.05) is 11.9 Å². The molecule has 1 heterocycles. The van der Waals surface area contributed by atoms with E-state index in [9.17, 15) is 9.59 Å². The van der Waals surface area contributed by atoms with Gasteiger partial charge in [-0.05, 0) is 26.0 Å². The summed E-state index contributed by atoms with van der Waals surface area (Å²) in [6, 6.07) is 8.65. The van der Waals surface area contributed by atoms with Gasteiger partial charge in [0.2, 0.25) is 0 Å². The quantitative estimate of drug-likeness (QED) is 0.847. The van der Waals surface area contributed by atoms with Crippen molar-refractivity contribution in [2.24, 2.45) is 0 Å². The van der Waals surface area contributed by atoms with Gasteiger partial charge in [0.05, 0.1) is 12.3 Å². The van der Waals surface area contributed by atoms with E-state index in [1.807, 2.05) is 6.07 Å². The van der Waals surface area contributed by atoms with Crippen molar-refractivity contribution in [2.45, 2.75) is 13.8 Å². The zero-order valence-corrected chi connectivity index (χ0v) is 11.8. The number of aromatic amines is 1. The van der Waals surface area contributed by atoms with Gasteiger partial charge in [-0.25, -0.2) is 9.59 Å². The maximum Gasteiger partial charge on any atom is 0.417 e. The number of ether oxygens (including phenoxy) is 2. The SMILES string of the molecule is CCOC(=O)c1c(NC(=O)Oc2ccccc2)c[nH]c1C. The molecule has 0 aliphatic heterocycles. The highest BCUT2D eigenvalue weighted by Gasteiger charge is 2.19. The van der Waals surface area contributed by atoms with Crippen molar-refractivity contribution < 1.29 is 19.1 Å². The Labute approximate surface area is 122 Å². The predicted molar refractivity (Wildman–Crippen MR) is 77.6 cm³/mol. The summed E-state index contributed by atoms with van der Waals surface area (Å²) in [5.74, 6) is -0.0776. The van der Waals surface area contributed by atoms with Crippen LogP contribution in [0.1, 0.15) is 23.0 Å². The number of carbonyl (C=O) groups excluding carboxylic acids is 2. The van der Waals surface area contributed by atoms with E-state index in [0.717, 1.165) is 0 Å². The maximum absolute atomic E-state index is 11.9. The molecule has 1 aromatic heterocycles. The highest BCUT2D eigenvalue weighted by atomic mass is 16.6. The molecule has 0 aliphatic rings. The number of amides is 1. The average Bonchev–Trinajstić information content (AvgIpc) is 2.81. The van der Waals surface area contributed by atoms with Crippen LogP contribution in [0.15, 0.2) is 36.5 Å². The van der Waals surface area contributed by atoms with E-state index in [2.05, 4.69) is 10.3 Å². The highest BCUT2D eigenvalue weighted by molar-refractivity contribution is 6.01. The van der Waals surface area contributed by atoms with Crippen LogP contribution in [0, 0.1) is 6.92 Å². The number of aromatic nitrogens is 1. The number of nitrogens with one attached hydrogen (secondary N) is 2. The number of hydrogen-bond donors (Lipinski definition) is 2. The standard InChI is InChI=1S/C15H16N2O4/c1-3-20-14(18)13-10(2)16-9-12(13)17-15(19)21-11-7-5-4-6-8-11/h4-9,16H,3H2,1-2H3,(H,17,19). The monoisotopic (exact) mass is 288 g/mol. The Bertz CT molecular complexity index is 634. The Hall–Kier alpha value is -2.76. The molecule has 2 aromatic rings. The summed E-state index contributed by atoms with van der Waals surface area (Å²) in [7, 11) is 0. The van der Waals surface area contributed by atoms with E-state index in [1.54, 1.807) is 38.1 Å². The predicted octanol–water partition coefficient (Wildman–Crippen LogP) is 3.11. The summed E-state index contributed by atoms with van der Waals surface area (Å²) in [6.07, 6.45) is 0.846. The number of benzene rings is 1. The first kappa shape index (κ1) is 14.6. The molecule has 21 heavy (non-hydrogen) atoms. The molecule has 0 radical (unpaired) electrons. The topological polar surface area (TPSA) is 80.4 Å². The van der Waals surface area contributed by atoms with Crippen LogP contribution >= 0.6 is 0 Å². The summed E-state index contributed by atoms with van der Waals surface area (Å²) >= 11 is 0. The Kier molecular flexibility index (Phi) is 4.61. The molecule has 0 atom stereocenters. The third-order valence-corrected chi connectivity index (χ3v) is 2.75. The normalized spacial score (nSPS) is 10.0. The van der Waals surface area contributed by atoms with Crippen LogP contribution in [0.3, 0.4) is 0 Å². The van der Waals surface area contributed by atoms with Gasteiger partial charge < -0.3 is 14.5 Å². The van der Waals surface area contributed by atoms with Crippen LogP contribution in [0.4, 0.5) is 10.5 Å². The van der Waals surface area contributed by atoms with Crippen LogP contribution in [-0.4, -0.2) is 23.7 Å². The molecule has 0 bridgehead atoms. The lowest BCUT2D eigenvalue weighted by Crippen LogP contribution is -2.18. The minimum Gasteiger partial charge on any atom is -0.462 e. The number of aryl methyl sites for hydroxylation is 1. The number of rotatable bonds is 4. The molecule has 1 amide bonds. The fourth-order valence-electron chi connectivity index (χ4n) is 1.82. The number of para-hydroxylation sites is 1. The van der Waals surface area contributed by atoms with Gasteiger partial charge in [-0.3, -0.25) is 5.32 Å². The molecular weight excluding hydrogens is 272 g/mol. The highest BCUT2D eigenvalue weighted by Crippen LogP contribution is 2.21. The molecule has 2 N–H and O–H groups in total. The van der Waals surface area contributed by atoms with Gasteiger partial charge in [-0.15, -0.1) is 0 Å². The molecule has 6 nitrogen and oxygen atoms in total.